The highest BCUT2D eigenvalue weighted by atomic mass is 32.2. The molecule has 0 saturated heterocycles. The van der Waals surface area contributed by atoms with Crippen LogP contribution in [0.15, 0.2) is 0 Å². The van der Waals surface area contributed by atoms with Crippen LogP contribution in [0.3, 0.4) is 0 Å². The van der Waals surface area contributed by atoms with Crippen LogP contribution in [0.1, 0.15) is 12.8 Å². The minimum atomic E-state index is -0.468. The molecule has 0 aromatic rings. The topological polar surface area (TPSA) is 85.8 Å². The molecular formula is C7H13N2O2S+. The van der Waals surface area contributed by atoms with Gasteiger partial charge in [-0.2, -0.15) is 0 Å². The fraction of sp³-hybridized carbons (Fsp3) is 0.571. The van der Waals surface area contributed by atoms with Gasteiger partial charge in [0.15, 0.2) is 0 Å². The third-order valence-electron chi connectivity index (χ3n) is 1.30. The van der Waals surface area contributed by atoms with Crippen molar-refractivity contribution >= 4 is 29.5 Å². The van der Waals surface area contributed by atoms with Crippen molar-refractivity contribution in [1.29, 1.82) is 0 Å². The van der Waals surface area contributed by atoms with E-state index in [4.69, 9.17) is 11.1 Å². The van der Waals surface area contributed by atoms with E-state index < -0.39 is 5.92 Å². The van der Waals surface area contributed by atoms with Crippen LogP contribution in [0.2, 0.25) is 0 Å². The number of thioether (sulfide) groups is 1. The van der Waals surface area contributed by atoms with Crippen LogP contribution in [0, 0.1) is 5.92 Å². The zero-order valence-corrected chi connectivity index (χ0v) is 7.55. The summed E-state index contributed by atoms with van der Waals surface area (Å²) in [6.07, 6.45) is 2.67. The molecule has 0 aromatic heterocycles. The van der Waals surface area contributed by atoms with Gasteiger partial charge in [0.25, 0.3) is 5.17 Å². The fourth-order valence-corrected chi connectivity index (χ4v) is 1.22. The highest BCUT2D eigenvalue weighted by Gasteiger charge is 2.05. The van der Waals surface area contributed by atoms with E-state index in [9.17, 15) is 9.59 Å². The lowest BCUT2D eigenvalue weighted by Crippen LogP contribution is -2.43. The summed E-state index contributed by atoms with van der Waals surface area (Å²) in [5, 5.41) is 5.52. The van der Waals surface area contributed by atoms with Crippen LogP contribution >= 0.6 is 11.8 Å². The molecule has 0 aromatic carbocycles. The van der Waals surface area contributed by atoms with Crippen molar-refractivity contribution in [1.82, 2.24) is 0 Å². The molecule has 4 N–H and O–H groups in total. The lowest BCUT2D eigenvalue weighted by atomic mass is 10.1. The summed E-state index contributed by atoms with van der Waals surface area (Å²) in [4.78, 5) is 20.3. The predicted molar refractivity (Wildman–Crippen MR) is 48.4 cm³/mol. The molecular weight excluding hydrogens is 176 g/mol. The highest BCUT2D eigenvalue weighted by molar-refractivity contribution is 8.13. The first-order chi connectivity index (χ1) is 5.70. The van der Waals surface area contributed by atoms with E-state index in [0.29, 0.717) is 24.2 Å². The van der Waals surface area contributed by atoms with E-state index in [1.807, 2.05) is 0 Å². The molecule has 0 bridgehead atoms. The van der Waals surface area contributed by atoms with E-state index in [0.717, 1.165) is 12.2 Å². The number of aldehydes is 2. The summed E-state index contributed by atoms with van der Waals surface area (Å²) < 4.78 is 0. The Labute approximate surface area is 75.4 Å². The Hall–Kier alpha value is -0.840. The van der Waals surface area contributed by atoms with Crippen LogP contribution in [-0.2, 0) is 9.59 Å². The molecule has 0 heterocycles. The van der Waals surface area contributed by atoms with E-state index in [-0.39, 0.29) is 0 Å². The van der Waals surface area contributed by atoms with Gasteiger partial charge in [0.05, 0.1) is 5.92 Å². The van der Waals surface area contributed by atoms with Gasteiger partial charge in [0, 0.05) is 5.75 Å². The smallest absolute Gasteiger partial charge is 0.299 e. The molecule has 0 aliphatic heterocycles. The second kappa shape index (κ2) is 6.84. The number of rotatable bonds is 6. The molecule has 0 spiro atoms. The first kappa shape index (κ1) is 11.2. The first-order valence-corrected chi connectivity index (χ1v) is 4.60. The Balaban J connectivity index is 3.35. The van der Waals surface area contributed by atoms with E-state index in [2.05, 4.69) is 0 Å². The van der Waals surface area contributed by atoms with Crippen LogP contribution in [0.25, 0.3) is 0 Å². The standard InChI is InChI=1S/C7H12N2O2S/c8-7(9)12-3-1-2-6(4-10)5-11/h4-6H,1-3H2,(H3,8,9)/p+1. The van der Waals surface area contributed by atoms with Crippen molar-refractivity contribution < 1.29 is 15.0 Å². The first-order valence-electron chi connectivity index (χ1n) is 3.62. The SMILES string of the molecule is NC(=[NH2+])SCCCC(C=O)C=O. The zero-order chi connectivity index (χ0) is 9.40. The average molecular weight is 189 g/mol. The minimum Gasteiger partial charge on any atom is -0.303 e. The van der Waals surface area contributed by atoms with Crippen molar-refractivity contribution in [3.8, 4) is 0 Å². The number of nitrogens with two attached hydrogens (primary N) is 2. The quantitative estimate of drug-likeness (QED) is 0.177. The molecule has 0 unspecified atom stereocenters. The maximum absolute atomic E-state index is 10.2. The second-order valence-electron chi connectivity index (χ2n) is 2.33. The van der Waals surface area contributed by atoms with Crippen LogP contribution < -0.4 is 11.1 Å². The molecule has 12 heavy (non-hydrogen) atoms. The van der Waals surface area contributed by atoms with Crippen molar-refractivity contribution in [3.63, 3.8) is 0 Å². The van der Waals surface area contributed by atoms with Gasteiger partial charge in [-0.05, 0) is 24.6 Å². The molecule has 68 valence electrons. The Morgan fingerprint density at radius 1 is 1.50 bits per heavy atom. The molecule has 0 radical (unpaired) electrons. The number of hydrogen-bond donors (Lipinski definition) is 2. The average Bonchev–Trinajstić information content (AvgIpc) is 2.04. The van der Waals surface area contributed by atoms with Gasteiger partial charge in [-0.15, -0.1) is 0 Å². The Kier molecular flexibility index (Phi) is 6.37. The van der Waals surface area contributed by atoms with Gasteiger partial charge in [-0.1, -0.05) is 0 Å². The lowest BCUT2D eigenvalue weighted by Gasteiger charge is -1.99. The highest BCUT2D eigenvalue weighted by Crippen LogP contribution is 2.06. The van der Waals surface area contributed by atoms with Gasteiger partial charge in [-0.25, -0.2) is 0 Å². The minimum absolute atomic E-state index is 0.323. The van der Waals surface area contributed by atoms with Gasteiger partial charge in [0.1, 0.15) is 12.6 Å². The maximum atomic E-state index is 10.2. The molecule has 0 amide bonds. The number of carbonyl (C=O) groups is 2. The van der Waals surface area contributed by atoms with Crippen LogP contribution in [0.4, 0.5) is 0 Å². The number of amidine groups is 1. The van der Waals surface area contributed by atoms with E-state index >= 15 is 0 Å². The van der Waals surface area contributed by atoms with Gasteiger partial charge >= 0.3 is 0 Å². The molecule has 0 aliphatic carbocycles. The molecule has 0 rings (SSSR count). The number of hydrogen-bond acceptors (Lipinski definition) is 3. The lowest BCUT2D eigenvalue weighted by molar-refractivity contribution is -0.119. The van der Waals surface area contributed by atoms with Crippen LogP contribution in [0.5, 0.6) is 0 Å². The summed E-state index contributed by atoms with van der Waals surface area (Å²) in [7, 11) is 0. The molecule has 0 fully saturated rings. The third-order valence-corrected chi connectivity index (χ3v) is 2.13. The van der Waals surface area contributed by atoms with E-state index in [1.54, 1.807) is 0 Å². The van der Waals surface area contributed by atoms with E-state index in [1.165, 1.54) is 11.8 Å². The fourth-order valence-electron chi connectivity index (χ4n) is 0.677. The molecule has 0 aliphatic rings. The molecule has 4 nitrogen and oxygen atoms in total. The molecule has 0 saturated carbocycles. The van der Waals surface area contributed by atoms with Crippen molar-refractivity contribution in [3.05, 3.63) is 0 Å². The van der Waals surface area contributed by atoms with Crippen molar-refractivity contribution in [2.45, 2.75) is 12.8 Å². The largest absolute Gasteiger partial charge is 0.303 e. The van der Waals surface area contributed by atoms with Crippen molar-refractivity contribution in [2.75, 3.05) is 5.75 Å². The summed E-state index contributed by atoms with van der Waals surface area (Å²) >= 11 is 1.33. The van der Waals surface area contributed by atoms with Gasteiger partial charge < -0.3 is 9.59 Å². The maximum Gasteiger partial charge on any atom is 0.299 e. The number of carbonyl (C=O) groups excluding carboxylic acids is 2. The van der Waals surface area contributed by atoms with Gasteiger partial charge in [0.2, 0.25) is 0 Å². The zero-order valence-electron chi connectivity index (χ0n) is 6.73. The summed E-state index contributed by atoms with van der Waals surface area (Å²) in [6.45, 7) is 0. The molecule has 0 atom stereocenters. The third kappa shape index (κ3) is 5.91. The Morgan fingerprint density at radius 3 is 2.50 bits per heavy atom. The Bertz CT molecular complexity index is 165. The summed E-state index contributed by atoms with van der Waals surface area (Å²) in [6, 6.07) is 0. The Morgan fingerprint density at radius 2 is 2.08 bits per heavy atom. The van der Waals surface area contributed by atoms with Gasteiger partial charge in [-0.3, -0.25) is 11.1 Å². The normalized spacial score (nSPS) is 9.75. The predicted octanol–water partition coefficient (Wildman–Crippen LogP) is -1.41. The summed E-state index contributed by atoms with van der Waals surface area (Å²) in [5.41, 5.74) is 5.19. The summed E-state index contributed by atoms with van der Waals surface area (Å²) in [5.74, 6) is 0.283. The van der Waals surface area contributed by atoms with Crippen molar-refractivity contribution in [2.24, 2.45) is 11.7 Å². The monoisotopic (exact) mass is 189 g/mol. The second-order valence-corrected chi connectivity index (χ2v) is 3.50. The van der Waals surface area contributed by atoms with Crippen LogP contribution in [-0.4, -0.2) is 23.5 Å². The molecule has 5 heteroatoms.